The van der Waals surface area contributed by atoms with E-state index in [2.05, 4.69) is 15.6 Å². The third-order valence-electron chi connectivity index (χ3n) is 4.11. The van der Waals surface area contributed by atoms with Gasteiger partial charge in [-0.05, 0) is 57.9 Å². The molecule has 1 heterocycles. The molecule has 0 aliphatic heterocycles. The Hall–Kier alpha value is -1.61. The van der Waals surface area contributed by atoms with E-state index in [0.29, 0.717) is 31.2 Å². The molecule has 1 unspecified atom stereocenters. The van der Waals surface area contributed by atoms with Gasteiger partial charge < -0.3 is 20.2 Å². The van der Waals surface area contributed by atoms with Gasteiger partial charge in [0.2, 0.25) is 0 Å². The quantitative estimate of drug-likeness (QED) is 0.316. The summed E-state index contributed by atoms with van der Waals surface area (Å²) >= 11 is 0. The van der Waals surface area contributed by atoms with Crippen LogP contribution in [0.1, 0.15) is 36.5 Å². The monoisotopic (exact) mass is 489 g/mol. The van der Waals surface area contributed by atoms with Crippen LogP contribution >= 0.6 is 24.0 Å². The number of aliphatic hydroxyl groups is 1. The molecule has 150 valence electrons. The molecule has 1 aromatic carbocycles. The number of aryl methyl sites for hydroxylation is 2. The first-order chi connectivity index (χ1) is 12.3. The largest absolute Gasteiger partial charge is 0.466 e. The van der Waals surface area contributed by atoms with Gasteiger partial charge in [0.25, 0.3) is 0 Å². The molecule has 2 aromatic rings. The highest BCUT2D eigenvalue weighted by Gasteiger charge is 2.27. The van der Waals surface area contributed by atoms with Crippen LogP contribution < -0.4 is 10.6 Å². The lowest BCUT2D eigenvalue weighted by atomic mass is 9.96. The molecule has 3 N–H and O–H groups in total. The summed E-state index contributed by atoms with van der Waals surface area (Å²) in [6.07, 6.45) is 0.679. The molecule has 0 radical (unpaired) electrons. The smallest absolute Gasteiger partial charge is 0.191 e. The van der Waals surface area contributed by atoms with Gasteiger partial charge in [0.1, 0.15) is 22.9 Å². The molecule has 0 saturated carbocycles. The first-order valence-electron chi connectivity index (χ1n) is 8.88. The maximum absolute atomic E-state index is 13.2. The number of hydrogen-bond donors (Lipinski definition) is 3. The number of hydrogen-bond acceptors (Lipinski definition) is 3. The maximum Gasteiger partial charge on any atom is 0.191 e. The lowest BCUT2D eigenvalue weighted by molar-refractivity contribution is 0.0657. The van der Waals surface area contributed by atoms with Crippen molar-refractivity contribution in [1.82, 2.24) is 10.6 Å². The predicted octanol–water partition coefficient (Wildman–Crippen LogP) is 3.66. The van der Waals surface area contributed by atoms with Gasteiger partial charge >= 0.3 is 0 Å². The van der Waals surface area contributed by atoms with Crippen molar-refractivity contribution >= 4 is 29.9 Å². The van der Waals surface area contributed by atoms with E-state index in [1.165, 1.54) is 12.1 Å². The van der Waals surface area contributed by atoms with E-state index in [9.17, 15) is 9.50 Å². The Bertz CT molecular complexity index is 759. The molecule has 1 atom stereocenters. The van der Waals surface area contributed by atoms with Crippen molar-refractivity contribution in [3.05, 3.63) is 58.8 Å². The van der Waals surface area contributed by atoms with E-state index in [0.717, 1.165) is 16.9 Å². The van der Waals surface area contributed by atoms with Crippen LogP contribution in [0.4, 0.5) is 4.39 Å². The van der Waals surface area contributed by atoms with Crippen molar-refractivity contribution in [2.24, 2.45) is 4.99 Å². The first kappa shape index (κ1) is 23.4. The summed E-state index contributed by atoms with van der Waals surface area (Å²) in [5.74, 6) is 1.85. The molecule has 0 bridgehead atoms. The second-order valence-electron chi connectivity index (χ2n) is 6.60. The van der Waals surface area contributed by atoms with Crippen LogP contribution in [-0.2, 0) is 12.0 Å². The van der Waals surface area contributed by atoms with Crippen LogP contribution in [0.3, 0.4) is 0 Å². The molecular weight excluding hydrogens is 460 g/mol. The Morgan fingerprint density at radius 2 is 2.00 bits per heavy atom. The number of benzene rings is 1. The van der Waals surface area contributed by atoms with Crippen LogP contribution in [0.5, 0.6) is 0 Å². The number of rotatable bonds is 7. The van der Waals surface area contributed by atoms with E-state index < -0.39 is 5.60 Å². The predicted molar refractivity (Wildman–Crippen MR) is 117 cm³/mol. The zero-order valence-electron chi connectivity index (χ0n) is 16.3. The van der Waals surface area contributed by atoms with Crippen molar-refractivity contribution in [3.8, 4) is 0 Å². The lowest BCUT2D eigenvalue weighted by Gasteiger charge is -2.21. The number of aliphatic imine (C=N–C) groups is 1. The average Bonchev–Trinajstić information content (AvgIpc) is 2.92. The Morgan fingerprint density at radius 1 is 1.26 bits per heavy atom. The molecule has 0 saturated heterocycles. The van der Waals surface area contributed by atoms with Crippen LogP contribution in [0.25, 0.3) is 0 Å². The van der Waals surface area contributed by atoms with Crippen molar-refractivity contribution < 1.29 is 13.9 Å². The highest BCUT2D eigenvalue weighted by Crippen LogP contribution is 2.27. The fourth-order valence-corrected chi connectivity index (χ4v) is 2.84. The molecule has 7 heteroatoms. The second-order valence-corrected chi connectivity index (χ2v) is 6.60. The first-order valence-corrected chi connectivity index (χ1v) is 8.88. The Balaban J connectivity index is 0.00000364. The molecule has 0 fully saturated rings. The van der Waals surface area contributed by atoms with Gasteiger partial charge in [-0.15, -0.1) is 24.0 Å². The second kappa shape index (κ2) is 10.7. The van der Waals surface area contributed by atoms with Crippen molar-refractivity contribution in [1.29, 1.82) is 0 Å². The molecule has 0 spiro atoms. The number of guanidine groups is 1. The van der Waals surface area contributed by atoms with Crippen molar-refractivity contribution in [2.45, 2.75) is 39.7 Å². The summed E-state index contributed by atoms with van der Waals surface area (Å²) in [4.78, 5) is 4.49. The minimum Gasteiger partial charge on any atom is -0.466 e. The fraction of sp³-hybridized carbons (Fsp3) is 0.450. The normalized spacial score (nSPS) is 13.6. The molecule has 5 nitrogen and oxygen atoms in total. The molecule has 0 aliphatic rings. The van der Waals surface area contributed by atoms with Crippen LogP contribution in [0, 0.1) is 19.7 Å². The summed E-state index contributed by atoms with van der Waals surface area (Å²) in [5, 5.41) is 17.1. The van der Waals surface area contributed by atoms with Crippen molar-refractivity contribution in [3.63, 3.8) is 0 Å². The summed E-state index contributed by atoms with van der Waals surface area (Å²) < 4.78 is 18.7. The molecule has 1 aromatic heterocycles. The molecular formula is C20H29FIN3O2. The van der Waals surface area contributed by atoms with Crippen LogP contribution in [0.2, 0.25) is 0 Å². The van der Waals surface area contributed by atoms with Gasteiger partial charge in [-0.25, -0.2) is 9.38 Å². The number of furan rings is 1. The molecule has 2 rings (SSSR count). The van der Waals surface area contributed by atoms with E-state index in [1.807, 2.05) is 32.9 Å². The number of nitrogens with one attached hydrogen (secondary N) is 2. The Labute approximate surface area is 177 Å². The summed E-state index contributed by atoms with van der Waals surface area (Å²) in [7, 11) is 0. The van der Waals surface area contributed by atoms with Crippen LogP contribution in [0.15, 0.2) is 39.7 Å². The van der Waals surface area contributed by atoms with Crippen LogP contribution in [-0.4, -0.2) is 30.7 Å². The summed E-state index contributed by atoms with van der Waals surface area (Å²) in [5.41, 5.74) is 0.548. The van der Waals surface area contributed by atoms with Gasteiger partial charge in [-0.3, -0.25) is 0 Å². The fourth-order valence-electron chi connectivity index (χ4n) is 2.84. The lowest BCUT2D eigenvalue weighted by Crippen LogP contribution is -2.39. The molecule has 27 heavy (non-hydrogen) atoms. The highest BCUT2D eigenvalue weighted by molar-refractivity contribution is 14.0. The van der Waals surface area contributed by atoms with E-state index in [-0.39, 0.29) is 36.3 Å². The average molecular weight is 489 g/mol. The number of halogens is 2. The summed E-state index contributed by atoms with van der Waals surface area (Å²) in [6, 6.07) is 8.40. The van der Waals surface area contributed by atoms with Gasteiger partial charge in [0.15, 0.2) is 5.96 Å². The minimum absolute atomic E-state index is 0. The zero-order chi connectivity index (χ0) is 19.2. The maximum atomic E-state index is 13.2. The van der Waals surface area contributed by atoms with E-state index in [4.69, 9.17) is 4.42 Å². The SMILES string of the molecule is CCNC(=NCC(C)(O)c1cc(C)oc1C)NCCc1cccc(F)c1.I. The third-order valence-corrected chi connectivity index (χ3v) is 4.11. The summed E-state index contributed by atoms with van der Waals surface area (Å²) in [6.45, 7) is 8.91. The van der Waals surface area contributed by atoms with Gasteiger partial charge in [-0.1, -0.05) is 12.1 Å². The third kappa shape index (κ3) is 7.14. The molecule has 0 amide bonds. The minimum atomic E-state index is -1.12. The number of nitrogens with zero attached hydrogens (tertiary/aromatic N) is 1. The topological polar surface area (TPSA) is 69.8 Å². The molecule has 0 aliphatic carbocycles. The Kier molecular flexibility index (Phi) is 9.25. The zero-order valence-corrected chi connectivity index (χ0v) is 18.6. The van der Waals surface area contributed by atoms with Gasteiger partial charge in [0, 0.05) is 18.7 Å². The van der Waals surface area contributed by atoms with Crippen molar-refractivity contribution in [2.75, 3.05) is 19.6 Å². The van der Waals surface area contributed by atoms with Gasteiger partial charge in [0.05, 0.1) is 6.54 Å². The van der Waals surface area contributed by atoms with Gasteiger partial charge in [-0.2, -0.15) is 0 Å². The highest BCUT2D eigenvalue weighted by atomic mass is 127. The Morgan fingerprint density at radius 3 is 2.59 bits per heavy atom. The van der Waals surface area contributed by atoms with E-state index in [1.54, 1.807) is 13.0 Å². The standard InChI is InChI=1S/C20H28FN3O2.HI/c1-5-22-19(23-10-9-16-7-6-8-17(21)12-16)24-13-20(4,25)18-11-14(2)26-15(18)3;/h6-8,11-12,25H,5,9-10,13H2,1-4H3,(H2,22,23,24);1H. The van der Waals surface area contributed by atoms with E-state index >= 15 is 0 Å².